The molecule has 0 N–H and O–H groups in total. The van der Waals surface area contributed by atoms with Gasteiger partial charge in [0.1, 0.15) is 5.25 Å². The highest BCUT2D eigenvalue weighted by Gasteiger charge is 2.30. The maximum atomic E-state index is 12.8. The van der Waals surface area contributed by atoms with Gasteiger partial charge in [0.25, 0.3) is 0 Å². The molecule has 0 saturated heterocycles. The van der Waals surface area contributed by atoms with E-state index in [1.807, 2.05) is 79.7 Å². The standard InChI is InChI=1S/C29H31O2S2/c1-21-8-6-7-11-27(21)29(31)23-14-18-25(19-15-23)32-24-16-12-22(13-17-24)28(30)20-33(2)26-9-4-3-5-10-26/h6-8,11-19,26H,3-5,9-10,20H2,1-2H3/q+1. The van der Waals surface area contributed by atoms with Crippen LogP contribution in [-0.2, 0) is 10.9 Å². The second-order valence-electron chi connectivity index (χ2n) is 8.81. The lowest BCUT2D eigenvalue weighted by atomic mass is 9.99. The molecule has 4 rings (SSSR count). The number of Topliss-reactive ketones (excluding diaryl/α,β-unsaturated/α-hetero) is 1. The van der Waals surface area contributed by atoms with E-state index >= 15 is 0 Å². The first kappa shape index (κ1) is 23.8. The number of carbonyl (C=O) groups excluding carboxylic acids is 2. The maximum absolute atomic E-state index is 12.8. The molecule has 0 aliphatic heterocycles. The molecule has 1 fully saturated rings. The predicted molar refractivity (Wildman–Crippen MR) is 141 cm³/mol. The summed E-state index contributed by atoms with van der Waals surface area (Å²) >= 11 is 1.64. The lowest BCUT2D eigenvalue weighted by molar-refractivity contribution is 0.101. The number of aryl methyl sites for hydroxylation is 1. The number of carbonyl (C=O) groups is 2. The van der Waals surface area contributed by atoms with Gasteiger partial charge in [0.05, 0.1) is 6.26 Å². The summed E-state index contributed by atoms with van der Waals surface area (Å²) in [4.78, 5) is 27.7. The molecule has 1 unspecified atom stereocenters. The van der Waals surface area contributed by atoms with E-state index in [9.17, 15) is 9.59 Å². The Balaban J connectivity index is 1.35. The minimum Gasteiger partial charge on any atom is -0.289 e. The average molecular weight is 476 g/mol. The van der Waals surface area contributed by atoms with Crippen LogP contribution in [0.15, 0.2) is 82.6 Å². The van der Waals surface area contributed by atoms with Crippen LogP contribution in [0, 0.1) is 6.92 Å². The summed E-state index contributed by atoms with van der Waals surface area (Å²) in [7, 11) is 0.172. The Bertz CT molecular complexity index is 1100. The van der Waals surface area contributed by atoms with Crippen molar-refractivity contribution in [2.45, 2.75) is 54.1 Å². The highest BCUT2D eigenvalue weighted by molar-refractivity contribution is 7.99. The van der Waals surface area contributed by atoms with E-state index < -0.39 is 0 Å². The molecule has 3 aromatic carbocycles. The molecule has 1 saturated carbocycles. The molecule has 1 atom stereocenters. The molecule has 170 valence electrons. The van der Waals surface area contributed by atoms with Gasteiger partial charge in [-0.15, -0.1) is 0 Å². The summed E-state index contributed by atoms with van der Waals surface area (Å²) in [5.41, 5.74) is 3.25. The Labute approximate surface area is 204 Å². The topological polar surface area (TPSA) is 34.1 Å². The van der Waals surface area contributed by atoms with Crippen LogP contribution in [0.1, 0.15) is 63.9 Å². The van der Waals surface area contributed by atoms with Gasteiger partial charge in [0.2, 0.25) is 5.78 Å². The molecule has 0 aromatic heterocycles. The maximum Gasteiger partial charge on any atom is 0.211 e. The van der Waals surface area contributed by atoms with Crippen molar-refractivity contribution >= 4 is 34.2 Å². The fourth-order valence-electron chi connectivity index (χ4n) is 4.38. The van der Waals surface area contributed by atoms with Crippen LogP contribution in [-0.4, -0.2) is 28.8 Å². The van der Waals surface area contributed by atoms with Crippen molar-refractivity contribution in [3.05, 3.63) is 95.1 Å². The Kier molecular flexibility index (Phi) is 8.11. The summed E-state index contributed by atoms with van der Waals surface area (Å²) in [5.74, 6) is 0.991. The molecule has 0 amide bonds. The van der Waals surface area contributed by atoms with Crippen LogP contribution in [0.4, 0.5) is 0 Å². The van der Waals surface area contributed by atoms with E-state index in [0.717, 1.165) is 31.7 Å². The Morgan fingerprint density at radius 1 is 0.818 bits per heavy atom. The fourth-order valence-corrected chi connectivity index (χ4v) is 7.15. The van der Waals surface area contributed by atoms with Gasteiger partial charge in [0, 0.05) is 26.5 Å². The monoisotopic (exact) mass is 475 g/mol. The largest absolute Gasteiger partial charge is 0.289 e. The zero-order valence-corrected chi connectivity index (χ0v) is 21.0. The van der Waals surface area contributed by atoms with Crippen molar-refractivity contribution in [2.75, 3.05) is 12.0 Å². The second-order valence-corrected chi connectivity index (χ2v) is 12.3. The Hall–Kier alpha value is -2.30. The summed E-state index contributed by atoms with van der Waals surface area (Å²) in [5, 5.41) is 0.734. The van der Waals surface area contributed by atoms with Gasteiger partial charge >= 0.3 is 0 Å². The summed E-state index contributed by atoms with van der Waals surface area (Å²) < 4.78 is 0. The van der Waals surface area contributed by atoms with E-state index in [0.29, 0.717) is 11.3 Å². The molecule has 0 spiro atoms. The molecule has 33 heavy (non-hydrogen) atoms. The van der Waals surface area contributed by atoms with E-state index in [2.05, 4.69) is 6.26 Å². The third-order valence-corrected chi connectivity index (χ3v) is 9.74. The molecule has 1 aliphatic rings. The number of ketones is 2. The van der Waals surface area contributed by atoms with E-state index in [1.54, 1.807) is 11.8 Å². The highest BCUT2D eigenvalue weighted by Crippen LogP contribution is 2.29. The van der Waals surface area contributed by atoms with Crippen LogP contribution in [0.5, 0.6) is 0 Å². The number of hydrogen-bond acceptors (Lipinski definition) is 3. The number of rotatable bonds is 8. The lowest BCUT2D eigenvalue weighted by Crippen LogP contribution is -2.29. The first-order valence-corrected chi connectivity index (χ1v) is 14.3. The van der Waals surface area contributed by atoms with Crippen molar-refractivity contribution in [2.24, 2.45) is 0 Å². The molecule has 4 heteroatoms. The zero-order valence-electron chi connectivity index (χ0n) is 19.4. The SMILES string of the molecule is Cc1ccccc1C(=O)c1ccc(Sc2ccc(C(=O)C[S+](C)C3CCCCC3)cc2)cc1. The lowest BCUT2D eigenvalue weighted by Gasteiger charge is -2.20. The van der Waals surface area contributed by atoms with Crippen molar-refractivity contribution in [1.29, 1.82) is 0 Å². The molecule has 0 radical (unpaired) electrons. The van der Waals surface area contributed by atoms with E-state index in [4.69, 9.17) is 0 Å². The van der Waals surface area contributed by atoms with Crippen LogP contribution in [0.3, 0.4) is 0 Å². The second kappa shape index (κ2) is 11.2. The van der Waals surface area contributed by atoms with Gasteiger partial charge in [0.15, 0.2) is 11.5 Å². The molecule has 3 aromatic rings. The minimum atomic E-state index is 0.0516. The first-order valence-electron chi connectivity index (χ1n) is 11.6. The van der Waals surface area contributed by atoms with Crippen molar-refractivity contribution in [1.82, 2.24) is 0 Å². The summed E-state index contributed by atoms with van der Waals surface area (Å²) in [6.07, 6.45) is 8.85. The molecule has 0 heterocycles. The quantitative estimate of drug-likeness (QED) is 0.256. The average Bonchev–Trinajstić information content (AvgIpc) is 2.85. The van der Waals surface area contributed by atoms with Gasteiger partial charge in [-0.1, -0.05) is 54.6 Å². The molecular weight excluding hydrogens is 444 g/mol. The predicted octanol–water partition coefficient (Wildman–Crippen LogP) is 7.14. The smallest absolute Gasteiger partial charge is 0.211 e. The van der Waals surface area contributed by atoms with Crippen LogP contribution in [0.2, 0.25) is 0 Å². The Morgan fingerprint density at radius 2 is 1.39 bits per heavy atom. The van der Waals surface area contributed by atoms with Crippen LogP contribution >= 0.6 is 11.8 Å². The molecule has 2 nitrogen and oxygen atoms in total. The molecule has 0 bridgehead atoms. The summed E-state index contributed by atoms with van der Waals surface area (Å²) in [6, 6.07) is 23.4. The van der Waals surface area contributed by atoms with Gasteiger partial charge in [-0.2, -0.15) is 0 Å². The summed E-state index contributed by atoms with van der Waals surface area (Å²) in [6.45, 7) is 1.96. The van der Waals surface area contributed by atoms with Gasteiger partial charge in [-0.05, 0) is 85.5 Å². The fraction of sp³-hybridized carbons (Fsp3) is 0.310. The molecule has 1 aliphatic carbocycles. The van der Waals surface area contributed by atoms with Crippen molar-refractivity contribution in [3.8, 4) is 0 Å². The van der Waals surface area contributed by atoms with Gasteiger partial charge in [-0.3, -0.25) is 9.59 Å². The van der Waals surface area contributed by atoms with Gasteiger partial charge < -0.3 is 0 Å². The van der Waals surface area contributed by atoms with Crippen LogP contribution < -0.4 is 0 Å². The number of hydrogen-bond donors (Lipinski definition) is 0. The zero-order chi connectivity index (χ0) is 23.2. The third-order valence-electron chi connectivity index (χ3n) is 6.40. The minimum absolute atomic E-state index is 0.0516. The van der Waals surface area contributed by atoms with Gasteiger partial charge in [-0.25, -0.2) is 0 Å². The third kappa shape index (κ3) is 6.18. The number of benzene rings is 3. The van der Waals surface area contributed by atoms with E-state index in [1.165, 1.54) is 32.1 Å². The van der Waals surface area contributed by atoms with Crippen LogP contribution in [0.25, 0.3) is 0 Å². The highest BCUT2D eigenvalue weighted by atomic mass is 32.2. The van der Waals surface area contributed by atoms with E-state index in [-0.39, 0.29) is 22.5 Å². The van der Waals surface area contributed by atoms with Crippen molar-refractivity contribution < 1.29 is 9.59 Å². The van der Waals surface area contributed by atoms with Crippen molar-refractivity contribution in [3.63, 3.8) is 0 Å². The normalized spacial score (nSPS) is 15.2. The Morgan fingerprint density at radius 3 is 2.00 bits per heavy atom. The molecular formula is C29H31O2S2+. The first-order chi connectivity index (χ1) is 16.0.